The molecule has 0 aromatic heterocycles. The minimum atomic E-state index is 0. The fourth-order valence-electron chi connectivity index (χ4n) is 0. The van der Waals surface area contributed by atoms with Crippen LogP contribution in [-0.2, 0) is 0 Å². The van der Waals surface area contributed by atoms with Gasteiger partial charge in [-0.2, -0.15) is 0 Å². The lowest BCUT2D eigenvalue weighted by Crippen LogP contribution is -0.381. The van der Waals surface area contributed by atoms with Crippen molar-refractivity contribution in [1.29, 1.82) is 0 Å². The Bertz CT molecular complexity index is 6.85. The SMILES string of the molecule is B.F.F.F.[H+]. The minimum Gasteiger partial charge on any atom is -0.269 e. The van der Waals surface area contributed by atoms with Crippen molar-refractivity contribution in [2.24, 2.45) is 0 Å². The van der Waals surface area contributed by atoms with Crippen molar-refractivity contribution in [1.82, 2.24) is 0 Å². The van der Waals surface area contributed by atoms with Gasteiger partial charge >= 0.3 is 1.43 Å². The van der Waals surface area contributed by atoms with Gasteiger partial charge in [0.1, 0.15) is 0 Å². The van der Waals surface area contributed by atoms with Gasteiger partial charge in [0, 0.05) is 0 Å². The summed E-state index contributed by atoms with van der Waals surface area (Å²) in [6.07, 6.45) is 0. The van der Waals surface area contributed by atoms with Crippen LogP contribution in [0.5, 0.6) is 0 Å². The molecule has 0 fully saturated rings. The van der Waals surface area contributed by atoms with Crippen LogP contribution >= 0.6 is 0 Å². The number of rotatable bonds is 0. The van der Waals surface area contributed by atoms with Crippen LogP contribution in [0.25, 0.3) is 0 Å². The van der Waals surface area contributed by atoms with E-state index in [1.165, 1.54) is 0 Å². The summed E-state index contributed by atoms with van der Waals surface area (Å²) in [5.41, 5.74) is 0. The first-order valence-electron chi connectivity index (χ1n) is 0. The van der Waals surface area contributed by atoms with Gasteiger partial charge < -0.3 is 0 Å². The Kier molecular flexibility index (Phi) is 174000. The van der Waals surface area contributed by atoms with Crippen LogP contribution in [0.1, 0.15) is 1.43 Å². The summed E-state index contributed by atoms with van der Waals surface area (Å²) in [6.45, 7) is 0. The molecule has 0 heterocycles. The molecular weight excluding hydrogens is 67.8 g/mol. The van der Waals surface area contributed by atoms with Crippen molar-refractivity contribution < 1.29 is 15.5 Å². The predicted molar refractivity (Wildman–Crippen MR) is 18.6 cm³/mol. The lowest BCUT2D eigenvalue weighted by molar-refractivity contribution is 1.11. The van der Waals surface area contributed by atoms with Crippen LogP contribution in [-0.4, -0.2) is 8.41 Å². The first-order chi connectivity index (χ1) is 0. The molecule has 0 rings (SSSR count). The first kappa shape index (κ1) is 1490. The molecule has 0 unspecified atom stereocenters. The van der Waals surface area contributed by atoms with Crippen molar-refractivity contribution in [3.05, 3.63) is 0 Å². The smallest absolute Gasteiger partial charge is 0.269 e. The quantitative estimate of drug-likeness (QED) is 0.337. The van der Waals surface area contributed by atoms with E-state index in [1.54, 1.807) is 0 Å². The number of hydrogen-bond donors (Lipinski definition) is 0. The third kappa shape index (κ3) is 64.4. The van der Waals surface area contributed by atoms with Crippen LogP contribution < -0.4 is 0 Å². The van der Waals surface area contributed by atoms with Crippen LogP contribution in [0.15, 0.2) is 0 Å². The summed E-state index contributed by atoms with van der Waals surface area (Å²) in [7, 11) is 0. The molecule has 0 saturated heterocycles. The fourth-order valence-corrected chi connectivity index (χ4v) is 0. The monoisotopic (exact) mass is 75.1 g/mol. The minimum absolute atomic E-state index is 0. The van der Waals surface area contributed by atoms with Crippen molar-refractivity contribution in [3.8, 4) is 0 Å². The maximum atomic E-state index is 0. The summed E-state index contributed by atoms with van der Waals surface area (Å²) in [6, 6.07) is 0. The zero-order valence-corrected chi connectivity index (χ0v) is 1.22. The molecule has 0 aromatic rings. The Morgan fingerprint density at radius 3 is 0.750 bits per heavy atom. The third-order valence-electron chi connectivity index (χ3n) is 0. The summed E-state index contributed by atoms with van der Waals surface area (Å²) >= 11 is 0. The molecule has 0 bridgehead atoms. The molecule has 0 radical (unpaired) electrons. The van der Waals surface area contributed by atoms with E-state index < -0.39 is 0 Å². The highest BCUT2D eigenvalue weighted by Gasteiger charge is 0.0814. The van der Waals surface area contributed by atoms with E-state index in [-0.39, 0.29) is 24.0 Å². The zero-order valence-electron chi connectivity index (χ0n) is 2.22. The highest BCUT2D eigenvalue weighted by atomic mass is 19.0. The van der Waals surface area contributed by atoms with Gasteiger partial charge in [0.25, 0.3) is 0 Å². The van der Waals surface area contributed by atoms with Gasteiger partial charge in [0.2, 0.25) is 0 Å². The molecule has 0 spiro atoms. The van der Waals surface area contributed by atoms with E-state index in [2.05, 4.69) is 0 Å². The second-order valence-electron chi connectivity index (χ2n) is 0. The standard InChI is InChI=1S/BH3.3FH/h1H3;3*1H/p+1. The van der Waals surface area contributed by atoms with Gasteiger partial charge in [-0.15, -0.1) is 0 Å². The largest absolute Gasteiger partial charge is 1.00 e. The predicted octanol–water partition coefficient (Wildman–Crippen LogP) is -0.614. The molecule has 0 N–H and O–H groups in total. The highest BCUT2D eigenvalue weighted by Crippen LogP contribution is 0.422. The van der Waals surface area contributed by atoms with E-state index >= 15 is 0 Å². The summed E-state index contributed by atoms with van der Waals surface area (Å²) in [5, 5.41) is 0. The lowest BCUT2D eigenvalue weighted by Gasteiger charge is -0.270. The van der Waals surface area contributed by atoms with Crippen LogP contribution in [0, 0.1) is 0 Å². The van der Waals surface area contributed by atoms with E-state index in [1.807, 2.05) is 0 Å². The Morgan fingerprint density at radius 2 is 0.750 bits per heavy atom. The van der Waals surface area contributed by atoms with Crippen molar-refractivity contribution >= 4 is 8.41 Å². The summed E-state index contributed by atoms with van der Waals surface area (Å²) in [4.78, 5) is 0. The molecule has 0 saturated carbocycles. The number of hydrogen-bond acceptors (Lipinski definition) is 0. The maximum absolute atomic E-state index is 0. The Labute approximate surface area is 25.4 Å². The molecule has 0 amide bonds. The Morgan fingerprint density at radius 1 is 0.750 bits per heavy atom. The highest BCUT2D eigenvalue weighted by molar-refractivity contribution is 5.75. The van der Waals surface area contributed by atoms with Crippen molar-refractivity contribution in [3.63, 3.8) is 0 Å². The lowest BCUT2D eigenvalue weighted by atomic mass is 10.8. The average molecular weight is 74.9 g/mol. The topological polar surface area (TPSA) is 0 Å². The summed E-state index contributed by atoms with van der Waals surface area (Å²) in [5.74, 6) is 0. The van der Waals surface area contributed by atoms with Gasteiger partial charge in [-0.3, -0.25) is 14.1 Å². The molecule has 0 aliphatic heterocycles. The van der Waals surface area contributed by atoms with Gasteiger partial charge in [0.15, 0.2) is 0 Å². The van der Waals surface area contributed by atoms with Gasteiger partial charge in [0.05, 0.1) is 8.41 Å². The first-order valence-corrected chi connectivity index (χ1v) is 0. The molecule has 4 heteroatoms. The van der Waals surface area contributed by atoms with Gasteiger partial charge in [-0.05, 0) is 0 Å². The van der Waals surface area contributed by atoms with Crippen molar-refractivity contribution in [2.75, 3.05) is 0 Å². The van der Waals surface area contributed by atoms with E-state index in [9.17, 15) is 0 Å². The molecule has 30 valence electrons. The molecular formula is H7BF3+. The Hall–Kier alpha value is -0.145. The second-order valence-corrected chi connectivity index (χ2v) is 0. The average Bonchev–Trinajstić information content (AvgIpc) is 0. The molecule has 0 nitrogen and oxygen atoms in total. The Balaban J connectivity index is 0. The molecule has 0 aromatic carbocycles. The third-order valence-corrected chi connectivity index (χ3v) is 0. The normalized spacial score (nSPS) is 0. The number of halogens is 3. The molecule has 0 aliphatic carbocycles. The van der Waals surface area contributed by atoms with Gasteiger partial charge in [-0.25, -0.2) is 0 Å². The van der Waals surface area contributed by atoms with Crippen LogP contribution in [0.4, 0.5) is 14.1 Å². The van der Waals surface area contributed by atoms with Crippen molar-refractivity contribution in [2.45, 2.75) is 0 Å². The zero-order chi connectivity index (χ0) is 0. The molecule has 0 aliphatic rings. The van der Waals surface area contributed by atoms with Crippen LogP contribution in [0.3, 0.4) is 0 Å². The fraction of sp³-hybridized carbons (Fsp3) is 0. The van der Waals surface area contributed by atoms with Gasteiger partial charge in [-0.1, -0.05) is 0 Å². The van der Waals surface area contributed by atoms with Crippen LogP contribution in [0.2, 0.25) is 0 Å². The van der Waals surface area contributed by atoms with E-state index in [0.29, 0.717) is 0 Å². The maximum Gasteiger partial charge on any atom is 1.00 e. The summed E-state index contributed by atoms with van der Waals surface area (Å²) < 4.78 is 0. The second kappa shape index (κ2) is 467. The molecule has 4 heavy (non-hydrogen) atoms. The van der Waals surface area contributed by atoms with E-state index in [4.69, 9.17) is 0 Å². The molecule has 0 atom stereocenters. The van der Waals surface area contributed by atoms with E-state index in [0.717, 1.165) is 0 Å².